The van der Waals surface area contributed by atoms with Crippen molar-refractivity contribution in [2.24, 2.45) is 0 Å². The molecule has 2 rings (SSSR count). The Hall–Kier alpha value is -1.64. The Morgan fingerprint density at radius 3 is 2.39 bits per heavy atom. The molecule has 0 saturated carbocycles. The van der Waals surface area contributed by atoms with E-state index in [1.54, 1.807) is 12.1 Å². The average Bonchev–Trinajstić information content (AvgIpc) is 2.55. The van der Waals surface area contributed by atoms with E-state index in [1.165, 1.54) is 6.92 Å². The van der Waals surface area contributed by atoms with Crippen LogP contribution in [0.1, 0.15) is 24.2 Å². The van der Waals surface area contributed by atoms with Gasteiger partial charge in [-0.05, 0) is 0 Å². The monoisotopic (exact) mass is 365 g/mol. The summed E-state index contributed by atoms with van der Waals surface area (Å²) in [5.74, 6) is -1.31. The predicted octanol–water partition coefficient (Wildman–Crippen LogP) is 1.59. The van der Waals surface area contributed by atoms with Gasteiger partial charge in [0.2, 0.25) is 0 Å². The summed E-state index contributed by atoms with van der Waals surface area (Å²) in [6.45, 7) is 2.44. The summed E-state index contributed by atoms with van der Waals surface area (Å²) in [5.41, 5.74) is 0.638. The maximum atomic E-state index is 11.4. The van der Waals surface area contributed by atoms with Crippen LogP contribution in [0, 0.1) is 3.57 Å². The van der Waals surface area contributed by atoms with E-state index in [2.05, 4.69) is 3.53 Å². The first-order chi connectivity index (χ1) is 8.41. The van der Waals surface area contributed by atoms with Gasteiger partial charge in [0, 0.05) is 6.92 Å². The number of benzene rings is 1. The molecule has 0 aliphatic carbocycles. The molecule has 0 spiro atoms. The van der Waals surface area contributed by atoms with E-state index in [9.17, 15) is 9.59 Å². The molecule has 2 N–H and O–H groups in total. The SMILES string of the molecule is CC(=O)O.CC(=O)OI1NC(=O)c2ccccc21. The molecule has 0 unspecified atom stereocenters. The van der Waals surface area contributed by atoms with Gasteiger partial charge in [-0.1, -0.05) is 0 Å². The molecule has 1 aromatic carbocycles. The third-order valence-electron chi connectivity index (χ3n) is 1.66. The average molecular weight is 365 g/mol. The van der Waals surface area contributed by atoms with Gasteiger partial charge in [-0.15, -0.1) is 0 Å². The van der Waals surface area contributed by atoms with Crippen LogP contribution in [-0.4, -0.2) is 23.0 Å². The Balaban J connectivity index is 0.000000357. The van der Waals surface area contributed by atoms with E-state index >= 15 is 0 Å². The van der Waals surface area contributed by atoms with Gasteiger partial charge < -0.3 is 5.11 Å². The van der Waals surface area contributed by atoms with E-state index in [4.69, 9.17) is 13.0 Å². The number of hydrogen-bond donors (Lipinski definition) is 2. The molecule has 1 aliphatic rings. The third kappa shape index (κ3) is 3.99. The van der Waals surface area contributed by atoms with Crippen molar-refractivity contribution in [2.45, 2.75) is 13.8 Å². The Kier molecular flexibility index (Phi) is 5.08. The van der Waals surface area contributed by atoms with Gasteiger partial charge in [0.1, 0.15) is 0 Å². The van der Waals surface area contributed by atoms with Crippen molar-refractivity contribution in [1.82, 2.24) is 3.53 Å². The number of halogens is 1. The number of rotatable bonds is 1. The summed E-state index contributed by atoms with van der Waals surface area (Å²) in [7, 11) is 0. The molecule has 1 aromatic rings. The molecule has 98 valence electrons. The van der Waals surface area contributed by atoms with Crippen molar-refractivity contribution in [3.8, 4) is 0 Å². The van der Waals surface area contributed by atoms with Gasteiger partial charge in [0.25, 0.3) is 5.97 Å². The Morgan fingerprint density at radius 1 is 1.28 bits per heavy atom. The van der Waals surface area contributed by atoms with E-state index in [0.29, 0.717) is 5.56 Å². The number of carbonyl (C=O) groups is 3. The van der Waals surface area contributed by atoms with Gasteiger partial charge in [-0.2, -0.15) is 0 Å². The van der Waals surface area contributed by atoms with Crippen LogP contribution >= 0.6 is 20.5 Å². The minimum atomic E-state index is -2.22. The van der Waals surface area contributed by atoms with Gasteiger partial charge >= 0.3 is 88.9 Å². The number of carbonyl (C=O) groups excluding carboxylic acids is 2. The molecule has 7 heteroatoms. The predicted molar refractivity (Wildman–Crippen MR) is 71.7 cm³/mol. The Bertz CT molecular complexity index is 482. The molecule has 6 nitrogen and oxygen atoms in total. The first-order valence-electron chi connectivity index (χ1n) is 4.90. The van der Waals surface area contributed by atoms with Crippen LogP contribution in [-0.2, 0) is 12.7 Å². The van der Waals surface area contributed by atoms with Crippen molar-refractivity contribution < 1.29 is 22.6 Å². The number of amides is 1. The van der Waals surface area contributed by atoms with Crippen LogP contribution in [0.15, 0.2) is 24.3 Å². The zero-order valence-electron chi connectivity index (χ0n) is 9.77. The number of hydrogen-bond acceptors (Lipinski definition) is 4. The van der Waals surface area contributed by atoms with Crippen LogP contribution in [0.4, 0.5) is 0 Å². The van der Waals surface area contributed by atoms with Crippen molar-refractivity contribution in [3.05, 3.63) is 33.4 Å². The molecule has 1 amide bonds. The molecular formula is C11H12INO5. The maximum absolute atomic E-state index is 11.4. The Labute approximate surface area is 112 Å². The summed E-state index contributed by atoms with van der Waals surface area (Å²) in [6, 6.07) is 7.21. The van der Waals surface area contributed by atoms with Crippen LogP contribution < -0.4 is 3.53 Å². The van der Waals surface area contributed by atoms with E-state index < -0.39 is 26.5 Å². The number of fused-ring (bicyclic) bond motifs is 1. The second-order valence-corrected chi connectivity index (χ2v) is 6.80. The quantitative estimate of drug-likeness (QED) is 0.583. The number of carboxylic acid groups (broad SMARTS) is 1. The number of carboxylic acids is 1. The van der Waals surface area contributed by atoms with Crippen LogP contribution in [0.3, 0.4) is 0 Å². The molecule has 0 atom stereocenters. The molecular weight excluding hydrogens is 353 g/mol. The van der Waals surface area contributed by atoms with Gasteiger partial charge in [0.15, 0.2) is 0 Å². The van der Waals surface area contributed by atoms with Gasteiger partial charge in [-0.25, -0.2) is 0 Å². The summed E-state index contributed by atoms with van der Waals surface area (Å²) in [4.78, 5) is 31.2. The van der Waals surface area contributed by atoms with Crippen molar-refractivity contribution in [2.75, 3.05) is 0 Å². The molecule has 0 saturated heterocycles. The van der Waals surface area contributed by atoms with Crippen LogP contribution in [0.5, 0.6) is 0 Å². The second-order valence-electron chi connectivity index (χ2n) is 3.24. The zero-order chi connectivity index (χ0) is 13.7. The molecule has 1 heterocycles. The fourth-order valence-electron chi connectivity index (χ4n) is 1.14. The summed E-state index contributed by atoms with van der Waals surface area (Å²) >= 11 is -2.22. The fraction of sp³-hybridized carbons (Fsp3) is 0.182. The number of aliphatic carboxylic acids is 1. The zero-order valence-corrected chi connectivity index (χ0v) is 11.9. The minimum absolute atomic E-state index is 0.132. The first-order valence-corrected chi connectivity index (χ1v) is 7.94. The Morgan fingerprint density at radius 2 is 1.83 bits per heavy atom. The van der Waals surface area contributed by atoms with Crippen LogP contribution in [0.2, 0.25) is 0 Å². The molecule has 18 heavy (non-hydrogen) atoms. The van der Waals surface area contributed by atoms with Gasteiger partial charge in [0.05, 0.1) is 0 Å². The third-order valence-corrected chi connectivity index (χ3v) is 5.70. The fourth-order valence-corrected chi connectivity index (χ4v) is 4.62. The summed E-state index contributed by atoms with van der Waals surface area (Å²) in [6.07, 6.45) is 0. The van der Waals surface area contributed by atoms with Crippen LogP contribution in [0.25, 0.3) is 0 Å². The first kappa shape index (κ1) is 14.4. The second kappa shape index (κ2) is 6.34. The van der Waals surface area contributed by atoms with E-state index in [0.717, 1.165) is 10.5 Å². The summed E-state index contributed by atoms with van der Waals surface area (Å²) < 4.78 is 8.69. The standard InChI is InChI=1S/C9H8INO3.C2H4O2/c1-6(12)14-10-8-5-3-2-4-7(8)9(13)11-10;1-2(3)4/h2-5H,1H3,(H,11,13);1H3,(H,3,4). The van der Waals surface area contributed by atoms with E-state index in [-0.39, 0.29) is 11.9 Å². The van der Waals surface area contributed by atoms with Crippen molar-refractivity contribution >= 4 is 38.4 Å². The van der Waals surface area contributed by atoms with Crippen molar-refractivity contribution in [1.29, 1.82) is 0 Å². The molecule has 0 radical (unpaired) electrons. The topological polar surface area (TPSA) is 92.7 Å². The summed E-state index contributed by atoms with van der Waals surface area (Å²) in [5, 5.41) is 7.42. The normalized spacial score (nSPS) is 13.9. The molecule has 0 fully saturated rings. The molecule has 0 aromatic heterocycles. The number of nitrogens with one attached hydrogen (secondary N) is 1. The van der Waals surface area contributed by atoms with E-state index in [1.807, 2.05) is 12.1 Å². The molecule has 1 aliphatic heterocycles. The van der Waals surface area contributed by atoms with Gasteiger partial charge in [-0.3, -0.25) is 4.79 Å². The van der Waals surface area contributed by atoms with Crippen molar-refractivity contribution in [3.63, 3.8) is 0 Å². The molecule has 0 bridgehead atoms.